The summed E-state index contributed by atoms with van der Waals surface area (Å²) in [5.74, 6) is 1.24. The van der Waals surface area contributed by atoms with Gasteiger partial charge in [0, 0.05) is 29.5 Å². The lowest BCUT2D eigenvalue weighted by Crippen LogP contribution is -2.12. The first-order chi connectivity index (χ1) is 14.5. The summed E-state index contributed by atoms with van der Waals surface area (Å²) in [6, 6.07) is 17.0. The number of carbonyl (C=O) groups excluding carboxylic acids is 1. The summed E-state index contributed by atoms with van der Waals surface area (Å²) in [5, 5.41) is 12.9. The summed E-state index contributed by atoms with van der Waals surface area (Å²) >= 11 is 0. The van der Waals surface area contributed by atoms with Crippen LogP contribution in [0.4, 0.5) is 11.4 Å². The summed E-state index contributed by atoms with van der Waals surface area (Å²) in [4.78, 5) is 16.9. The lowest BCUT2D eigenvalue weighted by atomic mass is 10.2. The van der Waals surface area contributed by atoms with Crippen LogP contribution in [0.2, 0.25) is 0 Å². The second-order valence-corrected chi connectivity index (χ2v) is 6.23. The van der Waals surface area contributed by atoms with Gasteiger partial charge in [0.25, 0.3) is 5.91 Å². The normalized spacial score (nSPS) is 10.6. The van der Waals surface area contributed by atoms with Crippen LogP contribution in [0.1, 0.15) is 15.9 Å². The van der Waals surface area contributed by atoms with E-state index in [0.717, 1.165) is 0 Å². The van der Waals surface area contributed by atoms with Gasteiger partial charge in [0.1, 0.15) is 28.7 Å². The Bertz CT molecular complexity index is 1060. The molecule has 154 valence electrons. The molecule has 3 aromatic rings. The van der Waals surface area contributed by atoms with Gasteiger partial charge in [0.15, 0.2) is 0 Å². The fraction of sp³-hybridized carbons (Fsp3) is 0.130. The first-order valence-corrected chi connectivity index (χ1v) is 9.09. The summed E-state index contributed by atoms with van der Waals surface area (Å²) in [6.45, 7) is 0. The average Bonchev–Trinajstić information content (AvgIpc) is 2.79. The molecular formula is C23H22N2O5. The van der Waals surface area contributed by atoms with E-state index in [2.05, 4.69) is 10.3 Å². The maximum atomic E-state index is 12.5. The van der Waals surface area contributed by atoms with Crippen LogP contribution in [0.25, 0.3) is 0 Å². The number of hydrogen-bond donors (Lipinski definition) is 2. The molecule has 30 heavy (non-hydrogen) atoms. The Balaban J connectivity index is 1.92. The van der Waals surface area contributed by atoms with Gasteiger partial charge < -0.3 is 24.6 Å². The van der Waals surface area contributed by atoms with E-state index < -0.39 is 0 Å². The molecule has 3 rings (SSSR count). The molecule has 0 saturated heterocycles. The van der Waals surface area contributed by atoms with Gasteiger partial charge in [-0.2, -0.15) is 0 Å². The van der Waals surface area contributed by atoms with Gasteiger partial charge >= 0.3 is 0 Å². The zero-order valence-electron chi connectivity index (χ0n) is 16.9. The molecule has 0 heterocycles. The standard InChI is InChI=1S/C23H22N2O5/c1-28-17-9-10-20(26)16(11-17)14-24-18-12-22(30-3)19(13-21(18)29-2)25-23(27)15-7-5-4-6-8-15/h4-14,26H,1-3H3,(H,25,27). The molecule has 0 spiro atoms. The van der Waals surface area contributed by atoms with Crippen LogP contribution >= 0.6 is 0 Å². The van der Waals surface area contributed by atoms with Crippen molar-refractivity contribution in [2.45, 2.75) is 0 Å². The fourth-order valence-corrected chi connectivity index (χ4v) is 2.77. The van der Waals surface area contributed by atoms with Crippen molar-refractivity contribution in [3.05, 3.63) is 71.8 Å². The molecular weight excluding hydrogens is 384 g/mol. The minimum atomic E-state index is -0.270. The number of anilines is 1. The van der Waals surface area contributed by atoms with Crippen LogP contribution in [0.5, 0.6) is 23.0 Å². The predicted octanol–water partition coefficient (Wildman–Crippen LogP) is 4.42. The van der Waals surface area contributed by atoms with Crippen molar-refractivity contribution in [1.29, 1.82) is 0 Å². The molecule has 0 unspecified atom stereocenters. The minimum Gasteiger partial charge on any atom is -0.507 e. The summed E-state index contributed by atoms with van der Waals surface area (Å²) in [7, 11) is 4.55. The molecule has 7 heteroatoms. The van der Waals surface area contributed by atoms with Crippen molar-refractivity contribution in [3.8, 4) is 23.0 Å². The van der Waals surface area contributed by atoms with Crippen molar-refractivity contribution in [3.63, 3.8) is 0 Å². The molecule has 0 saturated carbocycles. The molecule has 2 N–H and O–H groups in total. The van der Waals surface area contributed by atoms with E-state index in [9.17, 15) is 9.90 Å². The zero-order chi connectivity index (χ0) is 21.5. The van der Waals surface area contributed by atoms with Crippen molar-refractivity contribution < 1.29 is 24.1 Å². The summed E-state index contributed by atoms with van der Waals surface area (Å²) < 4.78 is 16.0. The van der Waals surface area contributed by atoms with Gasteiger partial charge in [0.2, 0.25) is 0 Å². The topological polar surface area (TPSA) is 89.4 Å². The second-order valence-electron chi connectivity index (χ2n) is 6.23. The van der Waals surface area contributed by atoms with Crippen LogP contribution < -0.4 is 19.5 Å². The van der Waals surface area contributed by atoms with E-state index in [0.29, 0.717) is 39.8 Å². The van der Waals surface area contributed by atoms with E-state index >= 15 is 0 Å². The SMILES string of the molecule is COc1ccc(O)c(C=Nc2cc(OC)c(NC(=O)c3ccccc3)cc2OC)c1. The zero-order valence-corrected chi connectivity index (χ0v) is 16.9. The lowest BCUT2D eigenvalue weighted by molar-refractivity contribution is 0.102. The Hall–Kier alpha value is -4.00. The highest BCUT2D eigenvalue weighted by Gasteiger charge is 2.14. The molecule has 0 aromatic heterocycles. The number of phenolic OH excluding ortho intramolecular Hbond substituents is 1. The van der Waals surface area contributed by atoms with Gasteiger partial charge in [-0.15, -0.1) is 0 Å². The van der Waals surface area contributed by atoms with Crippen LogP contribution in [0.3, 0.4) is 0 Å². The van der Waals surface area contributed by atoms with Crippen molar-refractivity contribution in [1.82, 2.24) is 0 Å². The van der Waals surface area contributed by atoms with E-state index in [1.807, 2.05) is 6.07 Å². The predicted molar refractivity (Wildman–Crippen MR) is 116 cm³/mol. The van der Waals surface area contributed by atoms with E-state index in [1.54, 1.807) is 55.6 Å². The molecule has 0 bridgehead atoms. The maximum Gasteiger partial charge on any atom is 0.255 e. The Morgan fingerprint density at radius 3 is 2.33 bits per heavy atom. The highest BCUT2D eigenvalue weighted by Crippen LogP contribution is 2.38. The number of nitrogens with zero attached hydrogens (tertiary/aromatic N) is 1. The van der Waals surface area contributed by atoms with Crippen LogP contribution in [0, 0.1) is 0 Å². The van der Waals surface area contributed by atoms with Gasteiger partial charge in [-0.25, -0.2) is 0 Å². The van der Waals surface area contributed by atoms with E-state index in [-0.39, 0.29) is 11.7 Å². The highest BCUT2D eigenvalue weighted by atomic mass is 16.5. The minimum absolute atomic E-state index is 0.0669. The van der Waals surface area contributed by atoms with Gasteiger partial charge in [-0.05, 0) is 30.3 Å². The maximum absolute atomic E-state index is 12.5. The highest BCUT2D eigenvalue weighted by molar-refractivity contribution is 6.05. The number of carbonyl (C=O) groups is 1. The number of aromatic hydroxyl groups is 1. The third-order valence-corrected chi connectivity index (χ3v) is 4.36. The smallest absolute Gasteiger partial charge is 0.255 e. The van der Waals surface area contributed by atoms with E-state index in [1.165, 1.54) is 26.5 Å². The second kappa shape index (κ2) is 9.47. The Morgan fingerprint density at radius 2 is 1.67 bits per heavy atom. The molecule has 0 radical (unpaired) electrons. The quantitative estimate of drug-likeness (QED) is 0.567. The first-order valence-electron chi connectivity index (χ1n) is 9.09. The van der Waals surface area contributed by atoms with E-state index in [4.69, 9.17) is 14.2 Å². The number of ether oxygens (including phenoxy) is 3. The number of methoxy groups -OCH3 is 3. The third kappa shape index (κ3) is 4.70. The van der Waals surface area contributed by atoms with Crippen LogP contribution in [0.15, 0.2) is 65.7 Å². The molecule has 0 atom stereocenters. The first kappa shape index (κ1) is 20.7. The Labute approximate surface area is 174 Å². The van der Waals surface area contributed by atoms with Gasteiger partial charge in [-0.1, -0.05) is 18.2 Å². The molecule has 0 aliphatic carbocycles. The van der Waals surface area contributed by atoms with Crippen LogP contribution in [-0.2, 0) is 0 Å². The van der Waals surface area contributed by atoms with Gasteiger partial charge in [-0.3, -0.25) is 9.79 Å². The molecule has 1 amide bonds. The lowest BCUT2D eigenvalue weighted by Gasteiger charge is -2.14. The molecule has 7 nitrogen and oxygen atoms in total. The largest absolute Gasteiger partial charge is 0.507 e. The summed E-state index contributed by atoms with van der Waals surface area (Å²) in [5.41, 5.74) is 1.92. The monoisotopic (exact) mass is 406 g/mol. The average molecular weight is 406 g/mol. The molecule has 3 aromatic carbocycles. The van der Waals surface area contributed by atoms with Crippen molar-refractivity contribution >= 4 is 23.5 Å². The molecule has 0 aliphatic heterocycles. The van der Waals surface area contributed by atoms with Crippen molar-refractivity contribution in [2.75, 3.05) is 26.6 Å². The molecule has 0 fully saturated rings. The Morgan fingerprint density at radius 1 is 0.933 bits per heavy atom. The number of hydrogen-bond acceptors (Lipinski definition) is 6. The third-order valence-electron chi connectivity index (χ3n) is 4.36. The number of phenols is 1. The van der Waals surface area contributed by atoms with Gasteiger partial charge in [0.05, 0.1) is 27.0 Å². The number of nitrogens with one attached hydrogen (secondary N) is 1. The number of rotatable bonds is 7. The summed E-state index contributed by atoms with van der Waals surface area (Å²) in [6.07, 6.45) is 1.50. The number of benzene rings is 3. The fourth-order valence-electron chi connectivity index (χ4n) is 2.77. The molecule has 0 aliphatic rings. The van der Waals surface area contributed by atoms with Crippen molar-refractivity contribution in [2.24, 2.45) is 4.99 Å². The Kier molecular flexibility index (Phi) is 6.54. The number of amides is 1. The number of aliphatic imine (C=N–C) groups is 1. The van der Waals surface area contributed by atoms with Crippen LogP contribution in [-0.4, -0.2) is 38.6 Å².